The Bertz CT molecular complexity index is 302. The summed E-state index contributed by atoms with van der Waals surface area (Å²) in [7, 11) is 1.57. The highest BCUT2D eigenvalue weighted by Crippen LogP contribution is 2.29. The summed E-state index contributed by atoms with van der Waals surface area (Å²) in [5, 5.41) is 0.568. The van der Waals surface area contributed by atoms with Gasteiger partial charge in [-0.05, 0) is 18.2 Å². The molecule has 0 aromatic heterocycles. The number of rotatable bonds is 4. The van der Waals surface area contributed by atoms with Crippen LogP contribution in [0.4, 0.5) is 0 Å². The first-order valence-corrected chi connectivity index (χ1v) is 5.04. The molecule has 1 aromatic rings. The van der Waals surface area contributed by atoms with Crippen molar-refractivity contribution < 1.29 is 9.53 Å². The molecule has 70 valence electrons. The fourth-order valence-electron chi connectivity index (χ4n) is 0.867. The average molecular weight is 217 g/mol. The Morgan fingerprint density at radius 1 is 1.62 bits per heavy atom. The van der Waals surface area contributed by atoms with Crippen LogP contribution in [-0.2, 0) is 4.79 Å². The molecule has 1 aromatic carbocycles. The molecular formula is C9H9ClO2S. The smallest absolute Gasteiger partial charge is 0.137 e. The predicted molar refractivity (Wildman–Crippen MR) is 54.8 cm³/mol. The van der Waals surface area contributed by atoms with Crippen LogP contribution >= 0.6 is 23.4 Å². The Morgan fingerprint density at radius 3 is 2.92 bits per heavy atom. The number of hydrogen-bond donors (Lipinski definition) is 0. The molecule has 0 aliphatic heterocycles. The normalized spacial score (nSPS) is 9.69. The second kappa shape index (κ2) is 5.14. The third-order valence-electron chi connectivity index (χ3n) is 1.44. The number of methoxy groups -OCH3 is 1. The topological polar surface area (TPSA) is 26.3 Å². The van der Waals surface area contributed by atoms with Crippen molar-refractivity contribution >= 4 is 29.6 Å². The van der Waals surface area contributed by atoms with Gasteiger partial charge in [-0.1, -0.05) is 11.6 Å². The molecule has 0 aliphatic carbocycles. The average Bonchev–Trinajstić information content (AvgIpc) is 2.15. The molecule has 1 rings (SSSR count). The highest BCUT2D eigenvalue weighted by molar-refractivity contribution is 7.99. The van der Waals surface area contributed by atoms with E-state index in [0.29, 0.717) is 16.5 Å². The van der Waals surface area contributed by atoms with E-state index in [-0.39, 0.29) is 0 Å². The lowest BCUT2D eigenvalue weighted by molar-refractivity contribution is -0.105. The molecule has 0 fully saturated rings. The van der Waals surface area contributed by atoms with Gasteiger partial charge in [-0.2, -0.15) is 0 Å². The van der Waals surface area contributed by atoms with E-state index in [1.807, 2.05) is 6.07 Å². The third kappa shape index (κ3) is 2.94. The Balaban J connectivity index is 2.76. The largest absolute Gasteiger partial charge is 0.495 e. The molecule has 0 spiro atoms. The summed E-state index contributed by atoms with van der Waals surface area (Å²) in [4.78, 5) is 11.1. The summed E-state index contributed by atoms with van der Waals surface area (Å²) in [6, 6.07) is 5.45. The molecule has 13 heavy (non-hydrogen) atoms. The first-order chi connectivity index (χ1) is 6.27. The molecule has 0 saturated heterocycles. The van der Waals surface area contributed by atoms with Gasteiger partial charge >= 0.3 is 0 Å². The van der Waals surface area contributed by atoms with Crippen LogP contribution in [-0.4, -0.2) is 19.1 Å². The number of carbonyl (C=O) groups excluding carboxylic acids is 1. The van der Waals surface area contributed by atoms with Crippen LogP contribution in [0.5, 0.6) is 5.75 Å². The van der Waals surface area contributed by atoms with Crippen LogP contribution in [0.25, 0.3) is 0 Å². The van der Waals surface area contributed by atoms with Gasteiger partial charge in [0, 0.05) is 4.90 Å². The second-order valence-electron chi connectivity index (χ2n) is 2.27. The number of hydrogen-bond acceptors (Lipinski definition) is 3. The molecular weight excluding hydrogens is 208 g/mol. The van der Waals surface area contributed by atoms with E-state index < -0.39 is 0 Å². The molecule has 4 heteroatoms. The van der Waals surface area contributed by atoms with Crippen LogP contribution in [0.15, 0.2) is 23.1 Å². The van der Waals surface area contributed by atoms with Crippen molar-refractivity contribution in [3.8, 4) is 5.75 Å². The zero-order valence-corrected chi connectivity index (χ0v) is 8.69. The quantitative estimate of drug-likeness (QED) is 0.572. The second-order valence-corrected chi connectivity index (χ2v) is 3.77. The van der Waals surface area contributed by atoms with Gasteiger partial charge < -0.3 is 9.53 Å². The van der Waals surface area contributed by atoms with Crippen molar-refractivity contribution in [1.82, 2.24) is 0 Å². The lowest BCUT2D eigenvalue weighted by Crippen LogP contribution is -1.84. The van der Waals surface area contributed by atoms with Gasteiger partial charge in [-0.25, -0.2) is 0 Å². The Labute approximate surface area is 86.2 Å². The van der Waals surface area contributed by atoms with Gasteiger partial charge in [0.1, 0.15) is 12.0 Å². The van der Waals surface area contributed by atoms with Crippen molar-refractivity contribution in [2.24, 2.45) is 0 Å². The van der Waals surface area contributed by atoms with Crippen molar-refractivity contribution in [2.45, 2.75) is 4.90 Å². The zero-order valence-electron chi connectivity index (χ0n) is 7.12. The molecule has 0 unspecified atom stereocenters. The predicted octanol–water partition coefficient (Wildman–Crippen LogP) is 2.64. The van der Waals surface area contributed by atoms with E-state index in [0.717, 1.165) is 11.2 Å². The van der Waals surface area contributed by atoms with Gasteiger partial charge in [0.2, 0.25) is 0 Å². The first-order valence-electron chi connectivity index (χ1n) is 3.68. The Hall–Kier alpha value is -0.670. The lowest BCUT2D eigenvalue weighted by atomic mass is 10.3. The molecule has 0 heterocycles. The number of aldehydes is 1. The van der Waals surface area contributed by atoms with Crippen molar-refractivity contribution in [3.63, 3.8) is 0 Å². The molecule has 0 bridgehead atoms. The summed E-state index contributed by atoms with van der Waals surface area (Å²) in [5.41, 5.74) is 0. The summed E-state index contributed by atoms with van der Waals surface area (Å²) < 4.78 is 4.99. The van der Waals surface area contributed by atoms with E-state index in [1.54, 1.807) is 19.2 Å². The summed E-state index contributed by atoms with van der Waals surface area (Å²) >= 11 is 7.33. The SMILES string of the molecule is COc1ccc(SCC=O)cc1Cl. The molecule has 2 nitrogen and oxygen atoms in total. The van der Waals surface area contributed by atoms with Crippen molar-refractivity contribution in [3.05, 3.63) is 23.2 Å². The van der Waals surface area contributed by atoms with E-state index >= 15 is 0 Å². The minimum absolute atomic E-state index is 0.447. The van der Waals surface area contributed by atoms with Crippen LogP contribution in [0, 0.1) is 0 Å². The maximum atomic E-state index is 10.1. The highest BCUT2D eigenvalue weighted by Gasteiger charge is 2.01. The van der Waals surface area contributed by atoms with Crippen LogP contribution in [0.3, 0.4) is 0 Å². The molecule has 0 atom stereocenters. The number of thioether (sulfide) groups is 1. The third-order valence-corrected chi connectivity index (χ3v) is 2.63. The van der Waals surface area contributed by atoms with E-state index in [4.69, 9.17) is 16.3 Å². The molecule has 0 N–H and O–H groups in total. The standard InChI is InChI=1S/C9H9ClO2S/c1-12-9-3-2-7(6-8(9)10)13-5-4-11/h2-4,6H,5H2,1H3. The molecule has 0 amide bonds. The van der Waals surface area contributed by atoms with Crippen molar-refractivity contribution in [2.75, 3.05) is 12.9 Å². The van der Waals surface area contributed by atoms with Crippen molar-refractivity contribution in [1.29, 1.82) is 0 Å². The lowest BCUT2D eigenvalue weighted by Gasteiger charge is -2.03. The number of carbonyl (C=O) groups is 1. The van der Waals surface area contributed by atoms with Crippen LogP contribution in [0.2, 0.25) is 5.02 Å². The number of benzene rings is 1. The monoisotopic (exact) mass is 216 g/mol. The minimum atomic E-state index is 0.447. The van der Waals surface area contributed by atoms with Crippen LogP contribution < -0.4 is 4.74 Å². The summed E-state index contributed by atoms with van der Waals surface area (Å²) in [6.07, 6.45) is 0.864. The zero-order chi connectivity index (χ0) is 9.68. The van der Waals surface area contributed by atoms with Gasteiger partial charge in [-0.15, -0.1) is 11.8 Å². The van der Waals surface area contributed by atoms with Crippen LogP contribution in [0.1, 0.15) is 0 Å². The molecule has 0 saturated carbocycles. The first kappa shape index (κ1) is 10.4. The Kier molecular flexibility index (Phi) is 4.12. The minimum Gasteiger partial charge on any atom is -0.495 e. The van der Waals surface area contributed by atoms with Gasteiger partial charge in [0.15, 0.2) is 0 Å². The number of halogens is 1. The molecule has 0 radical (unpaired) electrons. The van der Waals surface area contributed by atoms with Gasteiger partial charge in [0.25, 0.3) is 0 Å². The van der Waals surface area contributed by atoms with E-state index in [9.17, 15) is 4.79 Å². The summed E-state index contributed by atoms with van der Waals surface area (Å²) in [5.74, 6) is 1.10. The maximum Gasteiger partial charge on any atom is 0.137 e. The van der Waals surface area contributed by atoms with E-state index in [1.165, 1.54) is 11.8 Å². The fourth-order valence-corrected chi connectivity index (χ4v) is 1.82. The molecule has 0 aliphatic rings. The van der Waals surface area contributed by atoms with Gasteiger partial charge in [-0.3, -0.25) is 0 Å². The summed E-state index contributed by atoms with van der Waals surface area (Å²) in [6.45, 7) is 0. The fraction of sp³-hybridized carbons (Fsp3) is 0.222. The number of ether oxygens (including phenoxy) is 1. The highest BCUT2D eigenvalue weighted by atomic mass is 35.5. The Morgan fingerprint density at radius 2 is 2.38 bits per heavy atom. The van der Waals surface area contributed by atoms with E-state index in [2.05, 4.69) is 0 Å². The van der Waals surface area contributed by atoms with Gasteiger partial charge in [0.05, 0.1) is 17.9 Å². The maximum absolute atomic E-state index is 10.1.